The highest BCUT2D eigenvalue weighted by Crippen LogP contribution is 2.20. The lowest BCUT2D eigenvalue weighted by molar-refractivity contribution is 0.961. The topological polar surface area (TPSA) is 0 Å². The number of rotatable bonds is 4. The van der Waals surface area contributed by atoms with Crippen LogP contribution in [0.1, 0.15) is 33.6 Å². The van der Waals surface area contributed by atoms with Gasteiger partial charge in [-0.05, 0) is 38.8 Å². The van der Waals surface area contributed by atoms with E-state index >= 15 is 0 Å². The van der Waals surface area contributed by atoms with Crippen LogP contribution in [0, 0.1) is 0 Å². The van der Waals surface area contributed by atoms with Crippen LogP contribution in [0.3, 0.4) is 0 Å². The number of hydrogen-bond donors (Lipinski definition) is 0. The lowest BCUT2D eigenvalue weighted by Gasteiger charge is -2.03. The van der Waals surface area contributed by atoms with Gasteiger partial charge in [0.05, 0.1) is 0 Å². The smallest absolute Gasteiger partial charge is 0.0418 e. The van der Waals surface area contributed by atoms with Gasteiger partial charge in [-0.15, -0.1) is 0 Å². The van der Waals surface area contributed by atoms with Crippen molar-refractivity contribution < 1.29 is 0 Å². The van der Waals surface area contributed by atoms with Crippen molar-refractivity contribution in [2.24, 2.45) is 0 Å². The molecule has 1 aliphatic rings. The Balaban J connectivity index is 2.26. The van der Waals surface area contributed by atoms with Crippen molar-refractivity contribution in [1.29, 1.82) is 0 Å². The third kappa shape index (κ3) is 4.96. The zero-order chi connectivity index (χ0) is 10.4. The van der Waals surface area contributed by atoms with Crippen LogP contribution in [0.25, 0.3) is 0 Å². The fourth-order valence-electron chi connectivity index (χ4n) is 1.60. The Bertz CT molecular complexity index is 218. The van der Waals surface area contributed by atoms with Crippen molar-refractivity contribution in [2.75, 3.05) is 0 Å². The highest BCUT2D eigenvalue weighted by molar-refractivity contribution is 6.65. The Hall–Kier alpha value is -0.0862. The minimum absolute atomic E-state index is 0.960. The molecule has 0 bridgehead atoms. The molecule has 0 N–H and O–H groups in total. The van der Waals surface area contributed by atoms with E-state index in [0.717, 1.165) is 5.16 Å². The van der Waals surface area contributed by atoms with Gasteiger partial charge in [-0.1, -0.05) is 35.4 Å². The van der Waals surface area contributed by atoms with Crippen LogP contribution in [-0.2, 0) is 0 Å². The maximum atomic E-state index is 2.54. The first-order chi connectivity index (χ1) is 6.68. The molecule has 1 aliphatic heterocycles. The van der Waals surface area contributed by atoms with Crippen LogP contribution < -0.4 is 0 Å². The first kappa shape index (κ1) is 12.0. The van der Waals surface area contributed by atoms with E-state index < -0.39 is 0 Å². The first-order valence-corrected chi connectivity index (χ1v) is 8.03. The molecule has 0 aromatic carbocycles. The van der Waals surface area contributed by atoms with Gasteiger partial charge >= 0.3 is 0 Å². The fourth-order valence-corrected chi connectivity index (χ4v) is 5.63. The van der Waals surface area contributed by atoms with E-state index in [4.69, 9.17) is 0 Å². The lowest BCUT2D eigenvalue weighted by Crippen LogP contribution is -1.97. The van der Waals surface area contributed by atoms with Crippen molar-refractivity contribution in [3.05, 3.63) is 23.3 Å². The Kier molecular flexibility index (Phi) is 5.49. The minimum Gasteiger partial charge on any atom is -0.0886 e. The van der Waals surface area contributed by atoms with E-state index in [2.05, 4.69) is 32.9 Å². The number of hydrogen-bond acceptors (Lipinski definition) is 0. The molecule has 0 aromatic heterocycles. The maximum absolute atomic E-state index is 2.54. The maximum Gasteiger partial charge on any atom is 0.0418 e. The molecule has 1 heterocycles. The summed E-state index contributed by atoms with van der Waals surface area (Å²) in [6.45, 7) is 6.66. The molecular formula is C12H20Si2. The summed E-state index contributed by atoms with van der Waals surface area (Å²) in [6, 6.07) is 2.97. The van der Waals surface area contributed by atoms with E-state index in [1.165, 1.54) is 49.5 Å². The first-order valence-electron chi connectivity index (χ1n) is 5.46. The van der Waals surface area contributed by atoms with Gasteiger partial charge < -0.3 is 0 Å². The summed E-state index contributed by atoms with van der Waals surface area (Å²) in [5.41, 5.74) is 3.05. The van der Waals surface area contributed by atoms with E-state index in [1.54, 1.807) is 5.57 Å². The Morgan fingerprint density at radius 1 is 1.21 bits per heavy atom. The summed E-state index contributed by atoms with van der Waals surface area (Å²) in [6.07, 6.45) is 7.37. The van der Waals surface area contributed by atoms with Gasteiger partial charge in [-0.3, -0.25) is 0 Å². The molecule has 1 fully saturated rings. The van der Waals surface area contributed by atoms with Gasteiger partial charge in [0.2, 0.25) is 0 Å². The zero-order valence-electron chi connectivity index (χ0n) is 9.56. The van der Waals surface area contributed by atoms with Gasteiger partial charge in [0, 0.05) is 19.0 Å². The molecule has 0 spiro atoms. The summed E-state index contributed by atoms with van der Waals surface area (Å²) in [7, 11) is 2.43. The second-order valence-corrected chi connectivity index (χ2v) is 7.86. The fraction of sp³-hybridized carbons (Fsp3) is 0.667. The van der Waals surface area contributed by atoms with Crippen molar-refractivity contribution in [2.45, 2.75) is 50.9 Å². The average molecular weight is 220 g/mol. The zero-order valence-corrected chi connectivity index (χ0v) is 11.6. The van der Waals surface area contributed by atoms with Crippen molar-refractivity contribution in [1.82, 2.24) is 0 Å². The third-order valence-electron chi connectivity index (χ3n) is 2.40. The largest absolute Gasteiger partial charge is 0.0886 e. The van der Waals surface area contributed by atoms with Crippen LogP contribution >= 0.6 is 0 Å². The molecule has 0 amide bonds. The molecule has 0 aromatic rings. The molecule has 0 unspecified atom stereocenters. The normalized spacial score (nSPS) is 18.6. The summed E-state index contributed by atoms with van der Waals surface area (Å²) in [5, 5.41) is 0.960. The van der Waals surface area contributed by atoms with Crippen molar-refractivity contribution in [3.63, 3.8) is 0 Å². The second kappa shape index (κ2) is 6.41. The molecule has 0 nitrogen and oxygen atoms in total. The SMILES string of the molecule is CC(C)=CCC/C(C)=C/C1[Si]CC[Si]1. The predicted octanol–water partition coefficient (Wildman–Crippen LogP) is 3.68. The molecule has 4 radical (unpaired) electrons. The van der Waals surface area contributed by atoms with Gasteiger partial charge in [-0.2, -0.15) is 0 Å². The van der Waals surface area contributed by atoms with Gasteiger partial charge in [0.15, 0.2) is 0 Å². The number of allylic oxidation sites excluding steroid dienone is 4. The Morgan fingerprint density at radius 2 is 1.86 bits per heavy atom. The summed E-state index contributed by atoms with van der Waals surface area (Å²) in [5.74, 6) is 0. The Labute approximate surface area is 93.5 Å². The van der Waals surface area contributed by atoms with Crippen LogP contribution in [0.15, 0.2) is 23.3 Å². The van der Waals surface area contributed by atoms with Gasteiger partial charge in [-0.25, -0.2) is 0 Å². The molecule has 0 atom stereocenters. The van der Waals surface area contributed by atoms with Crippen LogP contribution in [0.2, 0.25) is 17.3 Å². The van der Waals surface area contributed by atoms with Crippen LogP contribution in [0.4, 0.5) is 0 Å². The quantitative estimate of drug-likeness (QED) is 0.501. The predicted molar refractivity (Wildman–Crippen MR) is 67.3 cm³/mol. The molecule has 1 saturated heterocycles. The van der Waals surface area contributed by atoms with Crippen LogP contribution in [-0.4, -0.2) is 19.0 Å². The standard InChI is InChI=1S/C12H20Si2/c1-10(2)5-4-6-11(3)9-12-13-7-8-14-12/h5,9,12H,4,6-8H2,1-3H3/b11-9+. The van der Waals surface area contributed by atoms with Gasteiger partial charge in [0.1, 0.15) is 0 Å². The van der Waals surface area contributed by atoms with E-state index in [9.17, 15) is 0 Å². The van der Waals surface area contributed by atoms with E-state index in [1.807, 2.05) is 0 Å². The van der Waals surface area contributed by atoms with Crippen LogP contribution in [0.5, 0.6) is 0 Å². The molecule has 0 aliphatic carbocycles. The third-order valence-corrected chi connectivity index (χ3v) is 6.41. The van der Waals surface area contributed by atoms with Crippen molar-refractivity contribution >= 4 is 19.0 Å². The van der Waals surface area contributed by atoms with Crippen molar-refractivity contribution in [3.8, 4) is 0 Å². The summed E-state index contributed by atoms with van der Waals surface area (Å²) >= 11 is 0. The summed E-state index contributed by atoms with van der Waals surface area (Å²) < 4.78 is 0. The second-order valence-electron chi connectivity index (χ2n) is 4.22. The average Bonchev–Trinajstić information content (AvgIpc) is 2.56. The molecular weight excluding hydrogens is 200 g/mol. The molecule has 0 saturated carbocycles. The highest BCUT2D eigenvalue weighted by Gasteiger charge is 2.13. The molecule has 2 heteroatoms. The monoisotopic (exact) mass is 220 g/mol. The highest BCUT2D eigenvalue weighted by atomic mass is 28.3. The van der Waals surface area contributed by atoms with E-state index in [-0.39, 0.29) is 0 Å². The Morgan fingerprint density at radius 3 is 2.43 bits per heavy atom. The molecule has 14 heavy (non-hydrogen) atoms. The molecule has 1 rings (SSSR count). The molecule has 76 valence electrons. The van der Waals surface area contributed by atoms with E-state index in [0.29, 0.717) is 0 Å². The van der Waals surface area contributed by atoms with Gasteiger partial charge in [0.25, 0.3) is 0 Å². The minimum atomic E-state index is 0.960. The lowest BCUT2D eigenvalue weighted by atomic mass is 10.1. The summed E-state index contributed by atoms with van der Waals surface area (Å²) in [4.78, 5) is 0.